The van der Waals surface area contributed by atoms with Crippen molar-refractivity contribution < 1.29 is 9.90 Å². The van der Waals surface area contributed by atoms with Crippen molar-refractivity contribution in [2.45, 2.75) is 13.3 Å². The van der Waals surface area contributed by atoms with Gasteiger partial charge in [0.05, 0.1) is 5.56 Å². The minimum Gasteiger partial charge on any atom is -0.478 e. The van der Waals surface area contributed by atoms with Crippen molar-refractivity contribution in [1.29, 1.82) is 0 Å². The summed E-state index contributed by atoms with van der Waals surface area (Å²) in [6, 6.07) is 7.18. The molecule has 0 saturated carbocycles. The lowest BCUT2D eigenvalue weighted by molar-refractivity contribution is 0.0695. The van der Waals surface area contributed by atoms with Gasteiger partial charge in [0.15, 0.2) is 0 Å². The van der Waals surface area contributed by atoms with Crippen LogP contribution in [0, 0.1) is 0 Å². The fraction of sp³-hybridized carbons (Fsp3) is 0.357. The minimum atomic E-state index is -0.850. The molecule has 1 aromatic carbocycles. The molecular weight excluding hydrogens is 214 g/mol. The van der Waals surface area contributed by atoms with Gasteiger partial charge < -0.3 is 10.0 Å². The molecule has 0 aliphatic heterocycles. The molecule has 0 bridgehead atoms. The zero-order chi connectivity index (χ0) is 12.7. The molecule has 3 nitrogen and oxygen atoms in total. The van der Waals surface area contributed by atoms with Gasteiger partial charge >= 0.3 is 5.97 Å². The second-order valence-corrected chi connectivity index (χ2v) is 4.04. The van der Waals surface area contributed by atoms with Gasteiger partial charge in [-0.15, -0.1) is 0 Å². The van der Waals surface area contributed by atoms with Gasteiger partial charge in [0, 0.05) is 13.1 Å². The highest BCUT2D eigenvalue weighted by atomic mass is 16.4. The van der Waals surface area contributed by atoms with E-state index in [9.17, 15) is 4.79 Å². The Labute approximate surface area is 102 Å². The van der Waals surface area contributed by atoms with E-state index in [0.717, 1.165) is 25.1 Å². The molecule has 0 unspecified atom stereocenters. The summed E-state index contributed by atoms with van der Waals surface area (Å²) in [7, 11) is 2.03. The molecule has 0 atom stereocenters. The topological polar surface area (TPSA) is 40.5 Å². The molecule has 0 heterocycles. The zero-order valence-corrected chi connectivity index (χ0v) is 10.4. The molecule has 1 aromatic rings. The van der Waals surface area contributed by atoms with Gasteiger partial charge in [0.2, 0.25) is 0 Å². The summed E-state index contributed by atoms with van der Waals surface area (Å²) in [5, 5.41) is 9.05. The van der Waals surface area contributed by atoms with Crippen LogP contribution < -0.4 is 0 Å². The first-order valence-corrected chi connectivity index (χ1v) is 5.76. The molecule has 0 saturated heterocycles. The van der Waals surface area contributed by atoms with Crippen LogP contribution in [0.3, 0.4) is 0 Å². The Hall–Kier alpha value is -1.61. The maximum absolute atomic E-state index is 11.0. The Morgan fingerprint density at radius 2 is 2.12 bits per heavy atom. The van der Waals surface area contributed by atoms with Crippen LogP contribution in [0.4, 0.5) is 0 Å². The van der Waals surface area contributed by atoms with E-state index in [1.54, 1.807) is 12.1 Å². The standard InChI is InChI=1S/C14H19NO2/c1-3-4-10-15(2)11-9-12-7-5-6-8-13(12)14(16)17/h3-8H,9-11H2,1-2H3,(H,16,17)/b4-3+. The molecule has 0 aromatic heterocycles. The van der Waals surface area contributed by atoms with Crippen LogP contribution in [0.25, 0.3) is 0 Å². The average molecular weight is 233 g/mol. The number of carbonyl (C=O) groups is 1. The molecule has 1 N–H and O–H groups in total. The molecule has 0 aliphatic carbocycles. The summed E-state index contributed by atoms with van der Waals surface area (Å²) >= 11 is 0. The Morgan fingerprint density at radius 1 is 1.41 bits per heavy atom. The van der Waals surface area contributed by atoms with Crippen molar-refractivity contribution in [3.63, 3.8) is 0 Å². The van der Waals surface area contributed by atoms with E-state index in [1.165, 1.54) is 0 Å². The molecule has 17 heavy (non-hydrogen) atoms. The summed E-state index contributed by atoms with van der Waals surface area (Å²) in [4.78, 5) is 13.2. The van der Waals surface area contributed by atoms with E-state index in [-0.39, 0.29) is 0 Å². The van der Waals surface area contributed by atoms with Crippen molar-refractivity contribution in [1.82, 2.24) is 4.90 Å². The van der Waals surface area contributed by atoms with E-state index >= 15 is 0 Å². The maximum atomic E-state index is 11.0. The van der Waals surface area contributed by atoms with Crippen LogP contribution in [0.1, 0.15) is 22.8 Å². The first-order valence-electron chi connectivity index (χ1n) is 5.76. The first kappa shape index (κ1) is 13.5. The summed E-state index contributed by atoms with van der Waals surface area (Å²) in [6.45, 7) is 3.74. The van der Waals surface area contributed by atoms with E-state index in [2.05, 4.69) is 11.0 Å². The highest BCUT2D eigenvalue weighted by molar-refractivity contribution is 5.89. The summed E-state index contributed by atoms with van der Waals surface area (Å²) in [5.41, 5.74) is 1.30. The van der Waals surface area contributed by atoms with Crippen LogP contribution in [-0.4, -0.2) is 36.1 Å². The number of hydrogen-bond donors (Lipinski definition) is 1. The van der Waals surface area contributed by atoms with Crippen LogP contribution in [0.5, 0.6) is 0 Å². The maximum Gasteiger partial charge on any atom is 0.335 e. The lowest BCUT2D eigenvalue weighted by Gasteiger charge is -2.14. The predicted molar refractivity (Wildman–Crippen MR) is 69.4 cm³/mol. The highest BCUT2D eigenvalue weighted by Crippen LogP contribution is 2.09. The highest BCUT2D eigenvalue weighted by Gasteiger charge is 2.08. The molecule has 92 valence electrons. The van der Waals surface area contributed by atoms with Crippen molar-refractivity contribution in [2.75, 3.05) is 20.1 Å². The molecule has 0 radical (unpaired) electrons. The minimum absolute atomic E-state index is 0.409. The van der Waals surface area contributed by atoms with E-state index in [0.29, 0.717) is 5.56 Å². The Bertz CT molecular complexity index is 399. The second kappa shape index (κ2) is 6.86. The van der Waals surface area contributed by atoms with Gasteiger partial charge in [-0.2, -0.15) is 0 Å². The first-order chi connectivity index (χ1) is 8.15. The third-order valence-corrected chi connectivity index (χ3v) is 2.66. The third kappa shape index (κ3) is 4.41. The smallest absolute Gasteiger partial charge is 0.335 e. The van der Waals surface area contributed by atoms with Gasteiger partial charge in [-0.1, -0.05) is 30.4 Å². The molecule has 0 spiro atoms. The van der Waals surface area contributed by atoms with E-state index in [1.807, 2.05) is 32.2 Å². The number of carboxylic acids is 1. The lowest BCUT2D eigenvalue weighted by Crippen LogP contribution is -2.21. The van der Waals surface area contributed by atoms with Crippen molar-refractivity contribution >= 4 is 5.97 Å². The largest absolute Gasteiger partial charge is 0.478 e. The third-order valence-electron chi connectivity index (χ3n) is 2.66. The number of carboxylic acid groups (broad SMARTS) is 1. The second-order valence-electron chi connectivity index (χ2n) is 4.04. The zero-order valence-electron chi connectivity index (χ0n) is 10.4. The van der Waals surface area contributed by atoms with Crippen molar-refractivity contribution in [3.05, 3.63) is 47.5 Å². The molecule has 1 rings (SSSR count). The van der Waals surface area contributed by atoms with Crippen molar-refractivity contribution in [3.8, 4) is 0 Å². The number of allylic oxidation sites excluding steroid dienone is 1. The van der Waals surface area contributed by atoms with Crippen LogP contribution in [-0.2, 0) is 6.42 Å². The fourth-order valence-corrected chi connectivity index (χ4v) is 1.63. The molecule has 3 heteroatoms. The van der Waals surface area contributed by atoms with Gasteiger partial charge in [0.1, 0.15) is 0 Å². The Kier molecular flexibility index (Phi) is 5.43. The number of aromatic carboxylic acids is 1. The Balaban J connectivity index is 2.60. The Morgan fingerprint density at radius 3 is 2.76 bits per heavy atom. The number of nitrogens with zero attached hydrogens (tertiary/aromatic N) is 1. The summed E-state index contributed by atoms with van der Waals surface area (Å²) in [5.74, 6) is -0.850. The van der Waals surface area contributed by atoms with E-state index in [4.69, 9.17) is 5.11 Å². The van der Waals surface area contributed by atoms with Crippen LogP contribution in [0.2, 0.25) is 0 Å². The van der Waals surface area contributed by atoms with E-state index < -0.39 is 5.97 Å². The normalized spacial score (nSPS) is 11.2. The quantitative estimate of drug-likeness (QED) is 0.767. The van der Waals surface area contributed by atoms with Crippen molar-refractivity contribution in [2.24, 2.45) is 0 Å². The monoisotopic (exact) mass is 233 g/mol. The summed E-state index contributed by atoms with van der Waals surface area (Å²) < 4.78 is 0. The van der Waals surface area contributed by atoms with Gasteiger partial charge in [-0.25, -0.2) is 4.79 Å². The lowest BCUT2D eigenvalue weighted by atomic mass is 10.0. The molecule has 0 amide bonds. The van der Waals surface area contributed by atoms with Gasteiger partial charge in [0.25, 0.3) is 0 Å². The fourth-order valence-electron chi connectivity index (χ4n) is 1.63. The number of benzene rings is 1. The summed E-state index contributed by atoms with van der Waals surface area (Å²) in [6.07, 6.45) is 4.86. The SMILES string of the molecule is C/C=C/CN(C)CCc1ccccc1C(=O)O. The number of likely N-dealkylation sites (N-methyl/N-ethyl adjacent to an activating group) is 1. The molecular formula is C14H19NO2. The molecule has 0 aliphatic rings. The average Bonchev–Trinajstić information content (AvgIpc) is 2.34. The van der Waals surface area contributed by atoms with Gasteiger partial charge in [-0.3, -0.25) is 0 Å². The molecule has 0 fully saturated rings. The predicted octanol–water partition coefficient (Wildman–Crippen LogP) is 2.44. The number of rotatable bonds is 6. The van der Waals surface area contributed by atoms with Crippen LogP contribution >= 0.6 is 0 Å². The van der Waals surface area contributed by atoms with Crippen LogP contribution in [0.15, 0.2) is 36.4 Å². The van der Waals surface area contributed by atoms with Gasteiger partial charge in [-0.05, 0) is 32.0 Å². The number of hydrogen-bond acceptors (Lipinski definition) is 2.